The average Bonchev–Trinajstić information content (AvgIpc) is 2.54. The summed E-state index contributed by atoms with van der Waals surface area (Å²) in [6.07, 6.45) is 0.367. The van der Waals surface area contributed by atoms with E-state index in [1.807, 2.05) is 18.2 Å². The highest BCUT2D eigenvalue weighted by Crippen LogP contribution is 2.15. The Hall–Kier alpha value is -2.62. The standard InChI is InChI=1S/C17H17NO3/c1-21-15-9-7-14(8-10-15)18-17(20)12-11-16(19)13-5-3-2-4-6-13/h2-10H,11-12H2,1H3,(H,18,20). The SMILES string of the molecule is COc1ccc(NC(=O)CCC(=O)c2ccccc2)cc1. The molecular weight excluding hydrogens is 266 g/mol. The second-order valence-corrected chi connectivity index (χ2v) is 4.57. The molecule has 0 bridgehead atoms. The predicted octanol–water partition coefficient (Wildman–Crippen LogP) is 3.30. The first-order valence-corrected chi connectivity index (χ1v) is 6.71. The fourth-order valence-electron chi connectivity index (χ4n) is 1.89. The van der Waals surface area contributed by atoms with E-state index in [9.17, 15) is 9.59 Å². The van der Waals surface area contributed by atoms with Crippen LogP contribution in [0.4, 0.5) is 5.69 Å². The van der Waals surface area contributed by atoms with Crippen molar-refractivity contribution in [3.05, 3.63) is 60.2 Å². The number of hydrogen-bond acceptors (Lipinski definition) is 3. The Balaban J connectivity index is 1.83. The van der Waals surface area contributed by atoms with Gasteiger partial charge < -0.3 is 10.1 Å². The first-order valence-electron chi connectivity index (χ1n) is 6.71. The molecule has 0 unspecified atom stereocenters. The van der Waals surface area contributed by atoms with Crippen molar-refractivity contribution in [1.29, 1.82) is 0 Å². The van der Waals surface area contributed by atoms with E-state index >= 15 is 0 Å². The second-order valence-electron chi connectivity index (χ2n) is 4.57. The summed E-state index contributed by atoms with van der Waals surface area (Å²) in [5.74, 6) is 0.525. The van der Waals surface area contributed by atoms with Gasteiger partial charge in [-0.2, -0.15) is 0 Å². The highest BCUT2D eigenvalue weighted by molar-refractivity contribution is 5.99. The molecule has 1 N–H and O–H groups in total. The number of rotatable bonds is 6. The molecule has 0 aromatic heterocycles. The number of methoxy groups -OCH3 is 1. The molecule has 1 amide bonds. The summed E-state index contributed by atoms with van der Waals surface area (Å²) < 4.78 is 5.04. The van der Waals surface area contributed by atoms with Crippen molar-refractivity contribution in [3.8, 4) is 5.75 Å². The Bertz CT molecular complexity index is 606. The smallest absolute Gasteiger partial charge is 0.224 e. The number of nitrogens with one attached hydrogen (secondary N) is 1. The number of carbonyl (C=O) groups is 2. The zero-order valence-corrected chi connectivity index (χ0v) is 11.8. The lowest BCUT2D eigenvalue weighted by atomic mass is 10.1. The van der Waals surface area contributed by atoms with Crippen molar-refractivity contribution in [2.75, 3.05) is 12.4 Å². The maximum atomic E-state index is 11.9. The van der Waals surface area contributed by atoms with Gasteiger partial charge in [-0.05, 0) is 24.3 Å². The summed E-state index contributed by atoms with van der Waals surface area (Å²) in [7, 11) is 1.59. The van der Waals surface area contributed by atoms with Crippen LogP contribution in [0.1, 0.15) is 23.2 Å². The van der Waals surface area contributed by atoms with Crippen LogP contribution < -0.4 is 10.1 Å². The highest BCUT2D eigenvalue weighted by Gasteiger charge is 2.09. The van der Waals surface area contributed by atoms with Crippen LogP contribution in [-0.2, 0) is 4.79 Å². The topological polar surface area (TPSA) is 55.4 Å². The fourth-order valence-corrected chi connectivity index (χ4v) is 1.89. The molecule has 21 heavy (non-hydrogen) atoms. The molecule has 0 aliphatic heterocycles. The molecule has 2 rings (SSSR count). The third-order valence-corrected chi connectivity index (χ3v) is 3.05. The van der Waals surface area contributed by atoms with Crippen molar-refractivity contribution in [2.45, 2.75) is 12.8 Å². The highest BCUT2D eigenvalue weighted by atomic mass is 16.5. The minimum Gasteiger partial charge on any atom is -0.497 e. The van der Waals surface area contributed by atoms with Gasteiger partial charge in [-0.1, -0.05) is 30.3 Å². The molecule has 0 atom stereocenters. The second kappa shape index (κ2) is 7.24. The number of hydrogen-bond donors (Lipinski definition) is 1. The Kier molecular flexibility index (Phi) is 5.10. The maximum absolute atomic E-state index is 11.9. The van der Waals surface area contributed by atoms with E-state index in [2.05, 4.69) is 5.32 Å². The van der Waals surface area contributed by atoms with E-state index in [0.29, 0.717) is 11.3 Å². The van der Waals surface area contributed by atoms with Crippen LogP contribution in [0, 0.1) is 0 Å². The number of ketones is 1. The predicted molar refractivity (Wildman–Crippen MR) is 81.6 cm³/mol. The lowest BCUT2D eigenvalue weighted by molar-refractivity contribution is -0.116. The lowest BCUT2D eigenvalue weighted by Crippen LogP contribution is -2.13. The van der Waals surface area contributed by atoms with Gasteiger partial charge in [0.2, 0.25) is 5.91 Å². The first-order chi connectivity index (χ1) is 10.2. The molecule has 0 saturated carbocycles. The minimum atomic E-state index is -0.176. The molecule has 0 aliphatic carbocycles. The summed E-state index contributed by atoms with van der Waals surface area (Å²) in [6, 6.07) is 16.0. The van der Waals surface area contributed by atoms with E-state index in [4.69, 9.17) is 4.74 Å². The molecule has 2 aromatic rings. The number of anilines is 1. The van der Waals surface area contributed by atoms with Gasteiger partial charge in [0.1, 0.15) is 5.75 Å². The van der Waals surface area contributed by atoms with Gasteiger partial charge in [0.25, 0.3) is 0 Å². The Labute approximate surface area is 123 Å². The van der Waals surface area contributed by atoms with Gasteiger partial charge in [0.05, 0.1) is 7.11 Å². The maximum Gasteiger partial charge on any atom is 0.224 e. The van der Waals surface area contributed by atoms with Crippen LogP contribution in [0.2, 0.25) is 0 Å². The van der Waals surface area contributed by atoms with Crippen LogP contribution in [0.3, 0.4) is 0 Å². The van der Waals surface area contributed by atoms with Crippen molar-refractivity contribution >= 4 is 17.4 Å². The van der Waals surface area contributed by atoms with Crippen molar-refractivity contribution < 1.29 is 14.3 Å². The van der Waals surface area contributed by atoms with E-state index in [0.717, 1.165) is 5.75 Å². The first kappa shape index (κ1) is 14.8. The number of amides is 1. The van der Waals surface area contributed by atoms with E-state index in [1.54, 1.807) is 43.5 Å². The van der Waals surface area contributed by atoms with Crippen LogP contribution in [-0.4, -0.2) is 18.8 Å². The largest absolute Gasteiger partial charge is 0.497 e. The summed E-state index contributed by atoms with van der Waals surface area (Å²) in [6.45, 7) is 0. The van der Waals surface area contributed by atoms with Gasteiger partial charge in [-0.3, -0.25) is 9.59 Å². The lowest BCUT2D eigenvalue weighted by Gasteiger charge is -2.06. The molecule has 0 fully saturated rings. The van der Waals surface area contributed by atoms with Crippen LogP contribution in [0.25, 0.3) is 0 Å². The number of benzene rings is 2. The monoisotopic (exact) mass is 283 g/mol. The molecule has 0 spiro atoms. The van der Waals surface area contributed by atoms with E-state index in [-0.39, 0.29) is 24.5 Å². The third kappa shape index (κ3) is 4.45. The number of ether oxygens (including phenoxy) is 1. The molecule has 4 heteroatoms. The molecule has 4 nitrogen and oxygen atoms in total. The molecular formula is C17H17NO3. The van der Waals surface area contributed by atoms with Crippen molar-refractivity contribution in [2.24, 2.45) is 0 Å². The van der Waals surface area contributed by atoms with Crippen LogP contribution >= 0.6 is 0 Å². The quantitative estimate of drug-likeness (QED) is 0.828. The van der Waals surface area contributed by atoms with Crippen molar-refractivity contribution in [3.63, 3.8) is 0 Å². The van der Waals surface area contributed by atoms with Gasteiger partial charge in [-0.15, -0.1) is 0 Å². The number of carbonyl (C=O) groups excluding carboxylic acids is 2. The number of Topliss-reactive ketones (excluding diaryl/α,β-unsaturated/α-hetero) is 1. The van der Waals surface area contributed by atoms with E-state index < -0.39 is 0 Å². The molecule has 0 heterocycles. The van der Waals surface area contributed by atoms with Crippen LogP contribution in [0.15, 0.2) is 54.6 Å². The van der Waals surface area contributed by atoms with Crippen LogP contribution in [0.5, 0.6) is 5.75 Å². The summed E-state index contributed by atoms with van der Waals surface area (Å²) in [5.41, 5.74) is 1.32. The average molecular weight is 283 g/mol. The molecule has 2 aromatic carbocycles. The summed E-state index contributed by atoms with van der Waals surface area (Å²) in [5, 5.41) is 2.75. The summed E-state index contributed by atoms with van der Waals surface area (Å²) >= 11 is 0. The van der Waals surface area contributed by atoms with Crippen molar-refractivity contribution in [1.82, 2.24) is 0 Å². The van der Waals surface area contributed by atoms with Gasteiger partial charge in [-0.25, -0.2) is 0 Å². The molecule has 0 aliphatic rings. The minimum absolute atomic E-state index is 0.0273. The zero-order chi connectivity index (χ0) is 15.1. The molecule has 0 radical (unpaired) electrons. The van der Waals surface area contributed by atoms with Gasteiger partial charge in [0.15, 0.2) is 5.78 Å². The molecule has 0 saturated heterocycles. The summed E-state index contributed by atoms with van der Waals surface area (Å²) in [4.78, 5) is 23.7. The van der Waals surface area contributed by atoms with Gasteiger partial charge in [0, 0.05) is 24.1 Å². The third-order valence-electron chi connectivity index (χ3n) is 3.05. The zero-order valence-electron chi connectivity index (χ0n) is 11.8. The van der Waals surface area contributed by atoms with E-state index in [1.165, 1.54) is 0 Å². The van der Waals surface area contributed by atoms with Gasteiger partial charge >= 0.3 is 0 Å². The molecule has 108 valence electrons. The Morgan fingerprint density at radius 3 is 2.24 bits per heavy atom. The Morgan fingerprint density at radius 1 is 0.952 bits per heavy atom. The fraction of sp³-hybridized carbons (Fsp3) is 0.176. The normalized spacial score (nSPS) is 9.95. The Morgan fingerprint density at radius 2 is 1.62 bits per heavy atom.